The number of carbonyl (C=O) groups is 1. The van der Waals surface area contributed by atoms with Crippen molar-refractivity contribution in [3.8, 4) is 0 Å². The number of hydrogen-bond donors (Lipinski definition) is 2. The number of carbonyl (C=O) groups excluding carboxylic acids is 1. The molecule has 0 saturated carbocycles. The van der Waals surface area contributed by atoms with E-state index in [1.807, 2.05) is 25.1 Å². The number of halogens is 1. The molecule has 0 bridgehead atoms. The van der Waals surface area contributed by atoms with Gasteiger partial charge in [-0.25, -0.2) is 0 Å². The number of hydrogen-bond acceptors (Lipinski definition) is 2. The SMILES string of the molecule is Cc1ccc(NC(=O)CC2CCCN2)c(Cl)c1. The molecule has 0 aromatic heterocycles. The van der Waals surface area contributed by atoms with Crippen molar-refractivity contribution in [1.82, 2.24) is 5.32 Å². The Hall–Kier alpha value is -1.06. The predicted octanol–water partition coefficient (Wildman–Crippen LogP) is 2.73. The Labute approximate surface area is 107 Å². The van der Waals surface area contributed by atoms with E-state index in [0.29, 0.717) is 23.2 Å². The minimum Gasteiger partial charge on any atom is -0.325 e. The molecule has 1 atom stereocenters. The van der Waals surface area contributed by atoms with Crippen molar-refractivity contribution in [2.75, 3.05) is 11.9 Å². The van der Waals surface area contributed by atoms with E-state index >= 15 is 0 Å². The highest BCUT2D eigenvalue weighted by Gasteiger charge is 2.17. The van der Waals surface area contributed by atoms with Crippen LogP contribution in [0.5, 0.6) is 0 Å². The van der Waals surface area contributed by atoms with E-state index in [9.17, 15) is 4.79 Å². The van der Waals surface area contributed by atoms with Crippen molar-refractivity contribution in [3.63, 3.8) is 0 Å². The molecule has 3 nitrogen and oxygen atoms in total. The molecule has 0 spiro atoms. The third-order valence-electron chi connectivity index (χ3n) is 2.99. The second kappa shape index (κ2) is 5.52. The summed E-state index contributed by atoms with van der Waals surface area (Å²) in [6.45, 7) is 2.99. The molecule has 1 aromatic carbocycles. The maximum absolute atomic E-state index is 11.8. The van der Waals surface area contributed by atoms with Crippen LogP contribution in [0.2, 0.25) is 5.02 Å². The summed E-state index contributed by atoms with van der Waals surface area (Å²) in [5, 5.41) is 6.75. The van der Waals surface area contributed by atoms with E-state index in [1.165, 1.54) is 0 Å². The van der Waals surface area contributed by atoms with Gasteiger partial charge < -0.3 is 10.6 Å². The van der Waals surface area contributed by atoms with Gasteiger partial charge in [0.25, 0.3) is 0 Å². The smallest absolute Gasteiger partial charge is 0.225 e. The van der Waals surface area contributed by atoms with Gasteiger partial charge in [-0.1, -0.05) is 17.7 Å². The lowest BCUT2D eigenvalue weighted by Gasteiger charge is -2.11. The second-order valence-corrected chi connectivity index (χ2v) is 4.94. The van der Waals surface area contributed by atoms with E-state index in [2.05, 4.69) is 10.6 Å². The number of amides is 1. The number of anilines is 1. The quantitative estimate of drug-likeness (QED) is 0.869. The zero-order valence-electron chi connectivity index (χ0n) is 9.92. The fourth-order valence-corrected chi connectivity index (χ4v) is 2.36. The molecule has 1 heterocycles. The van der Waals surface area contributed by atoms with Crippen LogP contribution in [0.4, 0.5) is 5.69 Å². The Balaban J connectivity index is 1.93. The highest BCUT2D eigenvalue weighted by molar-refractivity contribution is 6.33. The lowest BCUT2D eigenvalue weighted by molar-refractivity contribution is -0.116. The number of rotatable bonds is 3. The maximum atomic E-state index is 11.8. The largest absolute Gasteiger partial charge is 0.325 e. The number of aryl methyl sites for hydroxylation is 1. The van der Waals surface area contributed by atoms with Gasteiger partial charge in [0.2, 0.25) is 5.91 Å². The lowest BCUT2D eigenvalue weighted by Crippen LogP contribution is -2.27. The zero-order chi connectivity index (χ0) is 12.3. The normalized spacial score (nSPS) is 19.3. The molecule has 0 aliphatic carbocycles. The molecule has 17 heavy (non-hydrogen) atoms. The van der Waals surface area contributed by atoms with Gasteiger partial charge in [-0.15, -0.1) is 0 Å². The van der Waals surface area contributed by atoms with E-state index in [0.717, 1.165) is 24.9 Å². The highest BCUT2D eigenvalue weighted by atomic mass is 35.5. The van der Waals surface area contributed by atoms with Crippen LogP contribution in [-0.4, -0.2) is 18.5 Å². The van der Waals surface area contributed by atoms with Crippen LogP contribution >= 0.6 is 11.6 Å². The van der Waals surface area contributed by atoms with Crippen LogP contribution in [0.1, 0.15) is 24.8 Å². The van der Waals surface area contributed by atoms with Gasteiger partial charge in [-0.05, 0) is 44.0 Å². The van der Waals surface area contributed by atoms with Crippen LogP contribution in [0, 0.1) is 6.92 Å². The van der Waals surface area contributed by atoms with Crippen molar-refractivity contribution in [1.29, 1.82) is 0 Å². The van der Waals surface area contributed by atoms with Crippen LogP contribution in [-0.2, 0) is 4.79 Å². The summed E-state index contributed by atoms with van der Waals surface area (Å²) in [6, 6.07) is 5.96. The van der Waals surface area contributed by atoms with E-state index in [1.54, 1.807) is 0 Å². The summed E-state index contributed by atoms with van der Waals surface area (Å²) in [4.78, 5) is 11.8. The molecule has 92 valence electrons. The van der Waals surface area contributed by atoms with E-state index < -0.39 is 0 Å². The molecular formula is C13H17ClN2O. The zero-order valence-corrected chi connectivity index (χ0v) is 10.7. The second-order valence-electron chi connectivity index (χ2n) is 4.53. The van der Waals surface area contributed by atoms with Crippen molar-refractivity contribution < 1.29 is 4.79 Å². The van der Waals surface area contributed by atoms with Crippen LogP contribution in [0.3, 0.4) is 0 Å². The van der Waals surface area contributed by atoms with Crippen LogP contribution in [0.25, 0.3) is 0 Å². The topological polar surface area (TPSA) is 41.1 Å². The fraction of sp³-hybridized carbons (Fsp3) is 0.462. The molecule has 1 amide bonds. The van der Waals surface area contributed by atoms with E-state index in [4.69, 9.17) is 11.6 Å². The molecule has 1 saturated heterocycles. The summed E-state index contributed by atoms with van der Waals surface area (Å²) >= 11 is 6.06. The average Bonchev–Trinajstić information content (AvgIpc) is 2.75. The monoisotopic (exact) mass is 252 g/mol. The summed E-state index contributed by atoms with van der Waals surface area (Å²) in [7, 11) is 0. The number of benzene rings is 1. The first-order chi connectivity index (χ1) is 8.15. The number of nitrogens with one attached hydrogen (secondary N) is 2. The molecule has 2 rings (SSSR count). The maximum Gasteiger partial charge on any atom is 0.225 e. The first-order valence-corrected chi connectivity index (χ1v) is 6.32. The minimum atomic E-state index is 0.0233. The molecule has 1 aromatic rings. The molecule has 1 fully saturated rings. The van der Waals surface area contributed by atoms with Gasteiger partial charge >= 0.3 is 0 Å². The van der Waals surface area contributed by atoms with Crippen molar-refractivity contribution in [2.24, 2.45) is 0 Å². The van der Waals surface area contributed by atoms with Crippen molar-refractivity contribution in [3.05, 3.63) is 28.8 Å². The van der Waals surface area contributed by atoms with Crippen LogP contribution < -0.4 is 10.6 Å². The van der Waals surface area contributed by atoms with Gasteiger partial charge in [-0.2, -0.15) is 0 Å². The Morgan fingerprint density at radius 2 is 2.41 bits per heavy atom. The molecule has 1 aliphatic rings. The molecule has 4 heteroatoms. The summed E-state index contributed by atoms with van der Waals surface area (Å²) in [5.41, 5.74) is 1.78. The molecule has 1 unspecified atom stereocenters. The Morgan fingerprint density at radius 1 is 1.59 bits per heavy atom. The van der Waals surface area contributed by atoms with Gasteiger partial charge in [-0.3, -0.25) is 4.79 Å². The van der Waals surface area contributed by atoms with Gasteiger partial charge in [0, 0.05) is 12.5 Å². The molecule has 0 radical (unpaired) electrons. The van der Waals surface area contributed by atoms with Crippen molar-refractivity contribution in [2.45, 2.75) is 32.2 Å². The minimum absolute atomic E-state index is 0.0233. The van der Waals surface area contributed by atoms with E-state index in [-0.39, 0.29) is 5.91 Å². The summed E-state index contributed by atoms with van der Waals surface area (Å²) in [5.74, 6) is 0.0233. The molecular weight excluding hydrogens is 236 g/mol. The summed E-state index contributed by atoms with van der Waals surface area (Å²) < 4.78 is 0. The van der Waals surface area contributed by atoms with Gasteiger partial charge in [0.1, 0.15) is 0 Å². The Bertz CT molecular complexity index is 414. The van der Waals surface area contributed by atoms with Gasteiger partial charge in [0.15, 0.2) is 0 Å². The fourth-order valence-electron chi connectivity index (χ4n) is 2.08. The Morgan fingerprint density at radius 3 is 3.06 bits per heavy atom. The molecule has 1 aliphatic heterocycles. The van der Waals surface area contributed by atoms with Gasteiger partial charge in [0.05, 0.1) is 10.7 Å². The summed E-state index contributed by atoms with van der Waals surface area (Å²) in [6.07, 6.45) is 2.75. The third-order valence-corrected chi connectivity index (χ3v) is 3.31. The molecule has 2 N–H and O–H groups in total. The third kappa shape index (κ3) is 3.45. The Kier molecular flexibility index (Phi) is 4.02. The lowest BCUT2D eigenvalue weighted by atomic mass is 10.1. The predicted molar refractivity (Wildman–Crippen MR) is 70.5 cm³/mol. The highest BCUT2D eigenvalue weighted by Crippen LogP contribution is 2.23. The van der Waals surface area contributed by atoms with Crippen LogP contribution in [0.15, 0.2) is 18.2 Å². The van der Waals surface area contributed by atoms with Crippen molar-refractivity contribution >= 4 is 23.2 Å². The average molecular weight is 253 g/mol. The first kappa shape index (κ1) is 12.4. The standard InChI is InChI=1S/C13H17ClN2O/c1-9-4-5-12(11(14)7-9)16-13(17)8-10-3-2-6-15-10/h4-5,7,10,15H,2-3,6,8H2,1H3,(H,16,17). The first-order valence-electron chi connectivity index (χ1n) is 5.94.